The van der Waals surface area contributed by atoms with Gasteiger partial charge in [-0.2, -0.15) is 0 Å². The first-order valence-electron chi connectivity index (χ1n) is 7.98. The van der Waals surface area contributed by atoms with E-state index < -0.39 is 6.04 Å². The zero-order valence-corrected chi connectivity index (χ0v) is 14.6. The van der Waals surface area contributed by atoms with Gasteiger partial charge in [-0.25, -0.2) is 0 Å². The van der Waals surface area contributed by atoms with Crippen LogP contribution in [-0.2, 0) is 9.53 Å². The second kappa shape index (κ2) is 8.02. The number of nitrogens with one attached hydrogen (secondary N) is 1. The molecule has 0 saturated carbocycles. The van der Waals surface area contributed by atoms with Gasteiger partial charge in [-0.05, 0) is 29.6 Å². The van der Waals surface area contributed by atoms with Crippen LogP contribution < -0.4 is 14.8 Å². The van der Waals surface area contributed by atoms with Gasteiger partial charge in [0.05, 0.1) is 32.8 Å². The van der Waals surface area contributed by atoms with Crippen LogP contribution in [0.25, 0.3) is 0 Å². The molecule has 1 atom stereocenters. The molecular weight excluding hydrogens is 342 g/mol. The third kappa shape index (κ3) is 4.30. The molecule has 2 heterocycles. The van der Waals surface area contributed by atoms with E-state index in [0.29, 0.717) is 30.3 Å². The molecule has 1 N–H and O–H groups in total. The minimum Gasteiger partial charge on any atom is -0.490 e. The van der Waals surface area contributed by atoms with Crippen molar-refractivity contribution in [1.29, 1.82) is 0 Å². The summed E-state index contributed by atoms with van der Waals surface area (Å²) in [7, 11) is 1.33. The number of benzene rings is 1. The maximum absolute atomic E-state index is 12.6. The molecule has 0 spiro atoms. The largest absolute Gasteiger partial charge is 0.490 e. The van der Waals surface area contributed by atoms with Crippen LogP contribution in [0.15, 0.2) is 35.7 Å². The highest BCUT2D eigenvalue weighted by Gasteiger charge is 2.21. The fourth-order valence-electron chi connectivity index (χ4n) is 2.51. The minimum atomic E-state index is -0.434. The van der Waals surface area contributed by atoms with Gasteiger partial charge in [0, 0.05) is 16.9 Å². The molecule has 0 radical (unpaired) electrons. The lowest BCUT2D eigenvalue weighted by atomic mass is 10.1. The smallest absolute Gasteiger partial charge is 0.307 e. The zero-order valence-electron chi connectivity index (χ0n) is 13.8. The Hall–Kier alpha value is -2.54. The Balaban J connectivity index is 1.77. The Bertz CT molecular complexity index is 744. The molecule has 0 fully saturated rings. The molecule has 1 amide bonds. The fraction of sp³-hybridized carbons (Fsp3) is 0.333. The van der Waals surface area contributed by atoms with Crippen molar-refractivity contribution in [2.45, 2.75) is 18.9 Å². The summed E-state index contributed by atoms with van der Waals surface area (Å²) in [5.41, 5.74) is 0.454. The van der Waals surface area contributed by atoms with Crippen molar-refractivity contribution in [2.75, 3.05) is 20.3 Å². The highest BCUT2D eigenvalue weighted by molar-refractivity contribution is 7.10. The lowest BCUT2D eigenvalue weighted by molar-refractivity contribution is -0.141. The van der Waals surface area contributed by atoms with E-state index >= 15 is 0 Å². The van der Waals surface area contributed by atoms with Crippen LogP contribution in [-0.4, -0.2) is 32.2 Å². The number of esters is 1. The number of methoxy groups -OCH3 is 1. The molecule has 1 aromatic carbocycles. The standard InChI is InChI=1S/C18H19NO5S/c1-22-17(20)11-13(16-4-2-9-25-16)19-18(21)12-5-6-14-15(10-12)24-8-3-7-23-14/h2,4-6,9-10,13H,3,7-8,11H2,1H3,(H,19,21). The lowest BCUT2D eigenvalue weighted by Gasteiger charge is -2.17. The van der Waals surface area contributed by atoms with Crippen molar-refractivity contribution < 1.29 is 23.8 Å². The van der Waals surface area contributed by atoms with E-state index in [0.717, 1.165) is 11.3 Å². The predicted octanol–water partition coefficient (Wildman–Crippen LogP) is 2.94. The molecule has 1 aliphatic rings. The van der Waals surface area contributed by atoms with Gasteiger partial charge in [-0.3, -0.25) is 9.59 Å². The van der Waals surface area contributed by atoms with Crippen molar-refractivity contribution in [1.82, 2.24) is 5.32 Å². The number of rotatable bonds is 5. The molecule has 2 aromatic rings. The van der Waals surface area contributed by atoms with Gasteiger partial charge in [0.15, 0.2) is 11.5 Å². The van der Waals surface area contributed by atoms with Crippen LogP contribution in [0.3, 0.4) is 0 Å². The van der Waals surface area contributed by atoms with Crippen molar-refractivity contribution >= 4 is 23.2 Å². The first kappa shape index (κ1) is 17.3. The van der Waals surface area contributed by atoms with Crippen molar-refractivity contribution in [3.8, 4) is 11.5 Å². The highest BCUT2D eigenvalue weighted by atomic mass is 32.1. The first-order valence-corrected chi connectivity index (χ1v) is 8.86. The summed E-state index contributed by atoms with van der Waals surface area (Å²) in [6, 6.07) is 8.41. The number of carbonyl (C=O) groups is 2. The van der Waals surface area contributed by atoms with Crippen molar-refractivity contribution in [2.24, 2.45) is 0 Å². The molecular formula is C18H19NO5S. The minimum absolute atomic E-state index is 0.0767. The Morgan fingerprint density at radius 2 is 2.04 bits per heavy atom. The number of thiophene rings is 1. The van der Waals surface area contributed by atoms with Crippen LogP contribution in [0.4, 0.5) is 0 Å². The number of hydrogen-bond donors (Lipinski definition) is 1. The number of fused-ring (bicyclic) bond motifs is 1. The van der Waals surface area contributed by atoms with Crippen LogP contribution >= 0.6 is 11.3 Å². The predicted molar refractivity (Wildman–Crippen MR) is 93.2 cm³/mol. The van der Waals surface area contributed by atoms with E-state index in [1.54, 1.807) is 18.2 Å². The third-order valence-corrected chi connectivity index (χ3v) is 4.79. The molecule has 1 aromatic heterocycles. The van der Waals surface area contributed by atoms with Gasteiger partial charge in [-0.15, -0.1) is 11.3 Å². The van der Waals surface area contributed by atoms with Gasteiger partial charge >= 0.3 is 5.97 Å². The molecule has 0 saturated heterocycles. The summed E-state index contributed by atoms with van der Waals surface area (Å²) >= 11 is 1.48. The first-order chi connectivity index (χ1) is 12.2. The summed E-state index contributed by atoms with van der Waals surface area (Å²) in [5.74, 6) is 0.541. The van der Waals surface area contributed by atoms with E-state index in [-0.39, 0.29) is 18.3 Å². The average Bonchev–Trinajstić information content (AvgIpc) is 3.06. The fourth-order valence-corrected chi connectivity index (χ4v) is 3.29. The van der Waals surface area contributed by atoms with Crippen LogP contribution in [0, 0.1) is 0 Å². The Kier molecular flexibility index (Phi) is 5.55. The summed E-state index contributed by atoms with van der Waals surface area (Å²) in [5, 5.41) is 4.80. The summed E-state index contributed by atoms with van der Waals surface area (Å²) in [4.78, 5) is 25.2. The van der Waals surface area contributed by atoms with E-state index in [1.807, 2.05) is 17.5 Å². The molecule has 7 heteroatoms. The second-order valence-corrected chi connectivity index (χ2v) is 6.51. The molecule has 1 aliphatic heterocycles. The van der Waals surface area contributed by atoms with Crippen molar-refractivity contribution in [3.05, 3.63) is 46.2 Å². The topological polar surface area (TPSA) is 73.9 Å². The molecule has 132 valence electrons. The second-order valence-electron chi connectivity index (χ2n) is 5.53. The molecule has 0 bridgehead atoms. The lowest BCUT2D eigenvalue weighted by Crippen LogP contribution is -2.30. The van der Waals surface area contributed by atoms with E-state index in [9.17, 15) is 9.59 Å². The quantitative estimate of drug-likeness (QED) is 0.829. The van der Waals surface area contributed by atoms with Gasteiger partial charge < -0.3 is 19.5 Å². The highest BCUT2D eigenvalue weighted by Crippen LogP contribution is 2.31. The Morgan fingerprint density at radius 3 is 2.76 bits per heavy atom. The summed E-state index contributed by atoms with van der Waals surface area (Å²) in [6.07, 6.45) is 0.878. The molecule has 6 nitrogen and oxygen atoms in total. The number of carbonyl (C=O) groups excluding carboxylic acids is 2. The zero-order chi connectivity index (χ0) is 17.6. The van der Waals surface area contributed by atoms with Gasteiger partial charge in [-0.1, -0.05) is 6.07 Å². The van der Waals surface area contributed by atoms with Gasteiger partial charge in [0.2, 0.25) is 0 Å². The van der Waals surface area contributed by atoms with Gasteiger partial charge in [0.25, 0.3) is 5.91 Å². The average molecular weight is 361 g/mol. The molecule has 3 rings (SSSR count). The van der Waals surface area contributed by atoms with E-state index in [1.165, 1.54) is 18.4 Å². The number of amides is 1. The van der Waals surface area contributed by atoms with Crippen LogP contribution in [0.1, 0.15) is 34.1 Å². The maximum Gasteiger partial charge on any atom is 0.307 e. The van der Waals surface area contributed by atoms with Gasteiger partial charge in [0.1, 0.15) is 0 Å². The van der Waals surface area contributed by atoms with E-state index in [4.69, 9.17) is 14.2 Å². The SMILES string of the molecule is COC(=O)CC(NC(=O)c1ccc2c(c1)OCCCO2)c1cccs1. The molecule has 25 heavy (non-hydrogen) atoms. The van der Waals surface area contributed by atoms with Crippen molar-refractivity contribution in [3.63, 3.8) is 0 Å². The molecule has 0 aliphatic carbocycles. The van der Waals surface area contributed by atoms with Crippen LogP contribution in [0.5, 0.6) is 11.5 Å². The summed E-state index contributed by atoms with van der Waals surface area (Å²) in [6.45, 7) is 1.15. The number of ether oxygens (including phenoxy) is 3. The number of hydrogen-bond acceptors (Lipinski definition) is 6. The monoisotopic (exact) mass is 361 g/mol. The maximum atomic E-state index is 12.6. The molecule has 1 unspecified atom stereocenters. The normalized spacial score (nSPS) is 14.3. The third-order valence-electron chi connectivity index (χ3n) is 3.80. The Morgan fingerprint density at radius 1 is 1.24 bits per heavy atom. The summed E-state index contributed by atoms with van der Waals surface area (Å²) < 4.78 is 15.9. The Labute approximate surface area is 149 Å². The van der Waals surface area contributed by atoms with Crippen LogP contribution in [0.2, 0.25) is 0 Å². The van der Waals surface area contributed by atoms with E-state index in [2.05, 4.69) is 5.32 Å².